The van der Waals surface area contributed by atoms with Gasteiger partial charge in [-0.2, -0.15) is 0 Å². The number of methoxy groups -OCH3 is 1. The second-order valence-corrected chi connectivity index (χ2v) is 4.11. The Labute approximate surface area is 108 Å². The van der Waals surface area contributed by atoms with Crippen molar-refractivity contribution in [1.82, 2.24) is 0 Å². The predicted octanol–water partition coefficient (Wildman–Crippen LogP) is 1.11. The van der Waals surface area contributed by atoms with Crippen LogP contribution in [0.4, 0.5) is 11.4 Å². The Bertz CT molecular complexity index is 371. The molecule has 0 fully saturated rings. The van der Waals surface area contributed by atoms with E-state index in [-0.39, 0.29) is 0 Å². The van der Waals surface area contributed by atoms with Crippen molar-refractivity contribution < 1.29 is 14.6 Å². The van der Waals surface area contributed by atoms with Crippen molar-refractivity contribution in [2.24, 2.45) is 0 Å². The molecule has 5 nitrogen and oxygen atoms in total. The highest BCUT2D eigenvalue weighted by Gasteiger charge is 2.13. The first-order valence-electron chi connectivity index (χ1n) is 5.99. The summed E-state index contributed by atoms with van der Waals surface area (Å²) in [6, 6.07) is 5.62. The average molecular weight is 254 g/mol. The molecule has 0 saturated carbocycles. The SMILES string of the molecule is CCOc1cccc(N(C)CC(O)COC)c1N. The maximum absolute atomic E-state index is 9.71. The minimum Gasteiger partial charge on any atom is -0.492 e. The number of anilines is 2. The molecule has 0 aliphatic carbocycles. The molecule has 1 aromatic carbocycles. The van der Waals surface area contributed by atoms with Crippen molar-refractivity contribution in [3.05, 3.63) is 18.2 Å². The van der Waals surface area contributed by atoms with Crippen molar-refractivity contribution in [2.45, 2.75) is 13.0 Å². The number of nitrogen functional groups attached to an aromatic ring is 1. The minimum absolute atomic E-state index is 0.301. The Morgan fingerprint density at radius 3 is 2.78 bits per heavy atom. The summed E-state index contributed by atoms with van der Waals surface area (Å²) in [6.45, 7) is 3.24. The van der Waals surface area contributed by atoms with Gasteiger partial charge < -0.3 is 25.2 Å². The number of aliphatic hydroxyl groups excluding tert-OH is 1. The number of para-hydroxylation sites is 1. The van der Waals surface area contributed by atoms with Gasteiger partial charge in [-0.1, -0.05) is 6.07 Å². The molecule has 102 valence electrons. The van der Waals surface area contributed by atoms with E-state index in [1.165, 1.54) is 0 Å². The first kappa shape index (κ1) is 14.6. The molecule has 1 unspecified atom stereocenters. The number of aliphatic hydroxyl groups is 1. The third-order valence-electron chi connectivity index (χ3n) is 2.60. The lowest BCUT2D eigenvalue weighted by Gasteiger charge is -2.24. The van der Waals surface area contributed by atoms with E-state index in [1.807, 2.05) is 37.1 Å². The summed E-state index contributed by atoms with van der Waals surface area (Å²) in [4.78, 5) is 1.89. The van der Waals surface area contributed by atoms with Gasteiger partial charge in [0.2, 0.25) is 0 Å². The maximum atomic E-state index is 9.71. The van der Waals surface area contributed by atoms with E-state index in [0.29, 0.717) is 31.2 Å². The summed E-state index contributed by atoms with van der Waals surface area (Å²) in [5.74, 6) is 0.670. The summed E-state index contributed by atoms with van der Waals surface area (Å²) < 4.78 is 10.3. The average Bonchev–Trinajstić information content (AvgIpc) is 2.32. The molecule has 0 aromatic heterocycles. The molecule has 3 N–H and O–H groups in total. The summed E-state index contributed by atoms with van der Waals surface area (Å²) in [7, 11) is 3.44. The van der Waals surface area contributed by atoms with Gasteiger partial charge in [0.25, 0.3) is 0 Å². The van der Waals surface area contributed by atoms with Crippen LogP contribution in [0.2, 0.25) is 0 Å². The summed E-state index contributed by atoms with van der Waals surface area (Å²) in [5, 5.41) is 9.71. The third kappa shape index (κ3) is 3.78. The van der Waals surface area contributed by atoms with E-state index in [4.69, 9.17) is 15.2 Å². The first-order chi connectivity index (χ1) is 8.60. The third-order valence-corrected chi connectivity index (χ3v) is 2.60. The first-order valence-corrected chi connectivity index (χ1v) is 5.99. The zero-order chi connectivity index (χ0) is 13.5. The van der Waals surface area contributed by atoms with Crippen molar-refractivity contribution in [2.75, 3.05) is 44.5 Å². The molecule has 1 atom stereocenters. The lowest BCUT2D eigenvalue weighted by atomic mass is 10.2. The molecule has 0 radical (unpaired) electrons. The van der Waals surface area contributed by atoms with Crippen LogP contribution in [0.3, 0.4) is 0 Å². The van der Waals surface area contributed by atoms with E-state index in [2.05, 4.69) is 0 Å². The van der Waals surface area contributed by atoms with Crippen molar-refractivity contribution in [3.63, 3.8) is 0 Å². The number of hydrogen-bond donors (Lipinski definition) is 2. The second kappa shape index (κ2) is 7.08. The Balaban J connectivity index is 2.78. The summed E-state index contributed by atoms with van der Waals surface area (Å²) in [5.41, 5.74) is 7.47. The molecule has 5 heteroatoms. The molecule has 0 spiro atoms. The zero-order valence-corrected chi connectivity index (χ0v) is 11.2. The minimum atomic E-state index is -0.546. The van der Waals surface area contributed by atoms with Crippen molar-refractivity contribution in [1.29, 1.82) is 0 Å². The van der Waals surface area contributed by atoms with Crippen LogP contribution in [0.5, 0.6) is 5.75 Å². The van der Waals surface area contributed by atoms with Gasteiger partial charge in [0.1, 0.15) is 5.75 Å². The molecule has 0 aliphatic rings. The molecule has 1 rings (SSSR count). The van der Waals surface area contributed by atoms with Crippen molar-refractivity contribution in [3.8, 4) is 5.75 Å². The number of rotatable bonds is 7. The standard InChI is InChI=1S/C13H22N2O3/c1-4-18-12-7-5-6-11(13(12)14)15(2)8-10(16)9-17-3/h5-7,10,16H,4,8-9,14H2,1-3H3. The van der Waals surface area contributed by atoms with Crippen LogP contribution in [-0.2, 0) is 4.74 Å². The monoisotopic (exact) mass is 254 g/mol. The Hall–Kier alpha value is -1.46. The Morgan fingerprint density at radius 1 is 1.44 bits per heavy atom. The second-order valence-electron chi connectivity index (χ2n) is 4.11. The van der Waals surface area contributed by atoms with Crippen LogP contribution < -0.4 is 15.4 Å². The summed E-state index contributed by atoms with van der Waals surface area (Å²) >= 11 is 0. The highest BCUT2D eigenvalue weighted by molar-refractivity contribution is 5.73. The molecular formula is C13H22N2O3. The topological polar surface area (TPSA) is 68.0 Å². The highest BCUT2D eigenvalue weighted by atomic mass is 16.5. The van der Waals surface area contributed by atoms with Crippen LogP contribution in [-0.4, -0.2) is 45.1 Å². The number of ether oxygens (including phenoxy) is 2. The largest absolute Gasteiger partial charge is 0.492 e. The molecule has 0 aliphatic heterocycles. The number of nitrogens with two attached hydrogens (primary N) is 1. The molecule has 18 heavy (non-hydrogen) atoms. The van der Waals surface area contributed by atoms with Gasteiger partial charge >= 0.3 is 0 Å². The molecule has 0 saturated heterocycles. The quantitative estimate of drug-likeness (QED) is 0.713. The van der Waals surface area contributed by atoms with Gasteiger partial charge in [-0.05, 0) is 19.1 Å². The number of benzene rings is 1. The van der Waals surface area contributed by atoms with Crippen LogP contribution >= 0.6 is 0 Å². The van der Waals surface area contributed by atoms with E-state index in [0.717, 1.165) is 5.69 Å². The zero-order valence-electron chi connectivity index (χ0n) is 11.2. The Morgan fingerprint density at radius 2 is 2.17 bits per heavy atom. The molecule has 1 aromatic rings. The van der Waals surface area contributed by atoms with E-state index >= 15 is 0 Å². The smallest absolute Gasteiger partial charge is 0.144 e. The van der Waals surface area contributed by atoms with Crippen molar-refractivity contribution >= 4 is 11.4 Å². The lowest BCUT2D eigenvalue weighted by molar-refractivity contribution is 0.0695. The highest BCUT2D eigenvalue weighted by Crippen LogP contribution is 2.31. The number of nitrogens with zero attached hydrogens (tertiary/aromatic N) is 1. The van der Waals surface area contributed by atoms with Gasteiger partial charge in [-0.3, -0.25) is 0 Å². The number of hydrogen-bond acceptors (Lipinski definition) is 5. The number of likely N-dealkylation sites (N-methyl/N-ethyl adjacent to an activating group) is 1. The normalized spacial score (nSPS) is 12.2. The maximum Gasteiger partial charge on any atom is 0.144 e. The van der Waals surface area contributed by atoms with Crippen LogP contribution in [0.1, 0.15) is 6.92 Å². The van der Waals surface area contributed by atoms with Crippen LogP contribution in [0, 0.1) is 0 Å². The van der Waals surface area contributed by atoms with E-state index < -0.39 is 6.10 Å². The molecule has 0 bridgehead atoms. The lowest BCUT2D eigenvalue weighted by Crippen LogP contribution is -2.32. The van der Waals surface area contributed by atoms with Gasteiger partial charge in [0, 0.05) is 20.7 Å². The fourth-order valence-electron chi connectivity index (χ4n) is 1.81. The predicted molar refractivity (Wildman–Crippen MR) is 73.2 cm³/mol. The fraction of sp³-hybridized carbons (Fsp3) is 0.538. The van der Waals surface area contributed by atoms with Gasteiger partial charge in [0.05, 0.1) is 30.7 Å². The molecule has 0 heterocycles. The summed E-state index contributed by atoms with van der Waals surface area (Å²) in [6.07, 6.45) is -0.546. The van der Waals surface area contributed by atoms with Crippen LogP contribution in [0.15, 0.2) is 18.2 Å². The van der Waals surface area contributed by atoms with Gasteiger partial charge in [0.15, 0.2) is 0 Å². The fourth-order valence-corrected chi connectivity index (χ4v) is 1.81. The van der Waals surface area contributed by atoms with Crippen LogP contribution in [0.25, 0.3) is 0 Å². The Kier molecular flexibility index (Phi) is 5.74. The molecular weight excluding hydrogens is 232 g/mol. The van der Waals surface area contributed by atoms with E-state index in [1.54, 1.807) is 7.11 Å². The molecule has 0 amide bonds. The van der Waals surface area contributed by atoms with Gasteiger partial charge in [-0.25, -0.2) is 0 Å². The van der Waals surface area contributed by atoms with Gasteiger partial charge in [-0.15, -0.1) is 0 Å². The van der Waals surface area contributed by atoms with E-state index in [9.17, 15) is 5.11 Å².